The van der Waals surface area contributed by atoms with E-state index >= 15 is 0 Å². The summed E-state index contributed by atoms with van der Waals surface area (Å²) in [5.41, 5.74) is 7.12. The van der Waals surface area contributed by atoms with Crippen LogP contribution < -0.4 is 5.73 Å². The highest BCUT2D eigenvalue weighted by molar-refractivity contribution is 9.10. The van der Waals surface area contributed by atoms with Crippen LogP contribution in [0.15, 0.2) is 22.7 Å². The van der Waals surface area contributed by atoms with Crippen LogP contribution in [0.25, 0.3) is 0 Å². The number of carboxylic acids is 1. The first kappa shape index (κ1) is 10.2. The fourth-order valence-corrected chi connectivity index (χ4v) is 1.76. The van der Waals surface area contributed by atoms with Crippen molar-refractivity contribution in [2.75, 3.05) is 0 Å². The average molecular weight is 244 g/mol. The van der Waals surface area contributed by atoms with Crippen molar-refractivity contribution in [3.63, 3.8) is 0 Å². The van der Waals surface area contributed by atoms with Gasteiger partial charge in [-0.1, -0.05) is 28.1 Å². The van der Waals surface area contributed by atoms with Gasteiger partial charge >= 0.3 is 5.97 Å². The van der Waals surface area contributed by atoms with Gasteiger partial charge in [0.05, 0.1) is 0 Å². The van der Waals surface area contributed by atoms with Crippen molar-refractivity contribution >= 4 is 21.9 Å². The van der Waals surface area contributed by atoms with Crippen molar-refractivity contribution in [3.8, 4) is 0 Å². The van der Waals surface area contributed by atoms with Crippen LogP contribution in [0.1, 0.15) is 17.2 Å². The molecule has 0 saturated carbocycles. The summed E-state index contributed by atoms with van der Waals surface area (Å²) in [6.45, 7) is 1.93. The Bertz CT molecular complexity index is 338. The Kier molecular flexibility index (Phi) is 3.06. The second-order valence-electron chi connectivity index (χ2n) is 2.84. The number of aryl methyl sites for hydroxylation is 1. The monoisotopic (exact) mass is 243 g/mol. The van der Waals surface area contributed by atoms with Gasteiger partial charge < -0.3 is 10.8 Å². The number of nitrogens with two attached hydrogens (primary N) is 1. The number of hydrogen-bond acceptors (Lipinski definition) is 2. The van der Waals surface area contributed by atoms with Crippen molar-refractivity contribution < 1.29 is 9.90 Å². The second-order valence-corrected chi connectivity index (χ2v) is 3.70. The van der Waals surface area contributed by atoms with Crippen LogP contribution in [-0.4, -0.2) is 11.1 Å². The van der Waals surface area contributed by atoms with Gasteiger partial charge in [0.1, 0.15) is 6.04 Å². The van der Waals surface area contributed by atoms with Gasteiger partial charge in [0, 0.05) is 4.47 Å². The summed E-state index contributed by atoms with van der Waals surface area (Å²) in [6.07, 6.45) is 0. The Balaban J connectivity index is 3.08. The number of rotatable bonds is 2. The number of carboxylic acid groups (broad SMARTS) is 1. The first-order chi connectivity index (χ1) is 6.02. The molecular weight excluding hydrogens is 234 g/mol. The SMILES string of the molecule is Cc1ccc([C@@H](N)C(=O)O)c(Br)c1. The molecule has 0 bridgehead atoms. The normalized spacial score (nSPS) is 12.5. The zero-order valence-corrected chi connectivity index (χ0v) is 8.71. The third kappa shape index (κ3) is 2.29. The van der Waals surface area contributed by atoms with E-state index in [1.807, 2.05) is 19.1 Å². The molecule has 0 radical (unpaired) electrons. The summed E-state index contributed by atoms with van der Waals surface area (Å²) in [7, 11) is 0. The average Bonchev–Trinajstić information content (AvgIpc) is 2.03. The van der Waals surface area contributed by atoms with Crippen LogP contribution in [0.3, 0.4) is 0 Å². The van der Waals surface area contributed by atoms with Gasteiger partial charge in [-0.3, -0.25) is 4.79 Å². The molecule has 3 N–H and O–H groups in total. The molecule has 13 heavy (non-hydrogen) atoms. The van der Waals surface area contributed by atoms with Gasteiger partial charge in [-0.25, -0.2) is 0 Å². The molecule has 0 aliphatic carbocycles. The quantitative estimate of drug-likeness (QED) is 0.834. The lowest BCUT2D eigenvalue weighted by molar-refractivity contribution is -0.138. The van der Waals surface area contributed by atoms with Crippen LogP contribution >= 0.6 is 15.9 Å². The smallest absolute Gasteiger partial charge is 0.325 e. The highest BCUT2D eigenvalue weighted by Crippen LogP contribution is 2.23. The fourth-order valence-electron chi connectivity index (χ4n) is 1.02. The van der Waals surface area contributed by atoms with Crippen LogP contribution in [0.4, 0.5) is 0 Å². The molecule has 0 spiro atoms. The largest absolute Gasteiger partial charge is 0.480 e. The third-order valence-corrected chi connectivity index (χ3v) is 2.44. The molecule has 0 unspecified atom stereocenters. The van der Waals surface area contributed by atoms with E-state index < -0.39 is 12.0 Å². The minimum atomic E-state index is -1.02. The zero-order valence-electron chi connectivity index (χ0n) is 7.12. The standard InChI is InChI=1S/C9H10BrNO2/c1-5-2-3-6(7(10)4-5)8(11)9(12)13/h2-4,8H,11H2,1H3,(H,12,13)/t8-/m1/s1. The van der Waals surface area contributed by atoms with Gasteiger partial charge in [-0.2, -0.15) is 0 Å². The number of halogens is 1. The lowest BCUT2D eigenvalue weighted by atomic mass is 10.1. The molecular formula is C9H10BrNO2. The van der Waals surface area contributed by atoms with E-state index in [1.165, 1.54) is 0 Å². The number of carbonyl (C=O) groups is 1. The Labute approximate surface area is 84.7 Å². The summed E-state index contributed by atoms with van der Waals surface area (Å²) in [5.74, 6) is -1.02. The van der Waals surface area contributed by atoms with Crippen molar-refractivity contribution in [3.05, 3.63) is 33.8 Å². The Morgan fingerprint density at radius 2 is 2.23 bits per heavy atom. The molecule has 3 nitrogen and oxygen atoms in total. The van der Waals surface area contributed by atoms with Crippen molar-refractivity contribution in [2.45, 2.75) is 13.0 Å². The van der Waals surface area contributed by atoms with E-state index in [0.717, 1.165) is 10.0 Å². The van der Waals surface area contributed by atoms with Gasteiger partial charge in [-0.05, 0) is 24.1 Å². The highest BCUT2D eigenvalue weighted by atomic mass is 79.9. The summed E-state index contributed by atoms with van der Waals surface area (Å²) in [6, 6.07) is 4.44. The molecule has 1 aromatic rings. The molecule has 0 heterocycles. The zero-order chi connectivity index (χ0) is 10.0. The molecule has 1 atom stereocenters. The summed E-state index contributed by atoms with van der Waals surface area (Å²) in [4.78, 5) is 10.6. The molecule has 0 saturated heterocycles. The van der Waals surface area contributed by atoms with E-state index in [9.17, 15) is 4.79 Å². The Morgan fingerprint density at radius 3 is 2.69 bits per heavy atom. The fraction of sp³-hybridized carbons (Fsp3) is 0.222. The molecule has 1 aromatic carbocycles. The van der Waals surface area contributed by atoms with Crippen molar-refractivity contribution in [1.82, 2.24) is 0 Å². The molecule has 0 amide bonds. The number of aliphatic carboxylic acids is 1. The topological polar surface area (TPSA) is 63.3 Å². The number of benzene rings is 1. The van der Waals surface area contributed by atoms with E-state index in [2.05, 4.69) is 15.9 Å². The highest BCUT2D eigenvalue weighted by Gasteiger charge is 2.16. The van der Waals surface area contributed by atoms with E-state index in [0.29, 0.717) is 5.56 Å². The summed E-state index contributed by atoms with van der Waals surface area (Å²) >= 11 is 3.27. The van der Waals surface area contributed by atoms with Gasteiger partial charge in [-0.15, -0.1) is 0 Å². The lowest BCUT2D eigenvalue weighted by Gasteiger charge is -2.09. The first-order valence-electron chi connectivity index (χ1n) is 3.77. The Hall–Kier alpha value is -0.870. The Morgan fingerprint density at radius 1 is 1.62 bits per heavy atom. The van der Waals surface area contributed by atoms with Crippen molar-refractivity contribution in [2.24, 2.45) is 5.73 Å². The molecule has 0 aliphatic rings. The molecule has 0 aliphatic heterocycles. The second kappa shape index (κ2) is 3.89. The van der Waals surface area contributed by atoms with E-state index in [4.69, 9.17) is 10.8 Å². The minimum Gasteiger partial charge on any atom is -0.480 e. The lowest BCUT2D eigenvalue weighted by Crippen LogP contribution is -2.21. The van der Waals surface area contributed by atoms with Crippen LogP contribution in [0.2, 0.25) is 0 Å². The molecule has 70 valence electrons. The molecule has 4 heteroatoms. The van der Waals surface area contributed by atoms with E-state index in [1.54, 1.807) is 6.07 Å². The van der Waals surface area contributed by atoms with Crippen LogP contribution in [-0.2, 0) is 4.79 Å². The molecule has 1 rings (SSSR count). The maximum absolute atomic E-state index is 10.6. The van der Waals surface area contributed by atoms with Crippen molar-refractivity contribution in [1.29, 1.82) is 0 Å². The summed E-state index contributed by atoms with van der Waals surface area (Å²) in [5, 5.41) is 8.68. The molecule has 0 aromatic heterocycles. The van der Waals surface area contributed by atoms with Gasteiger partial charge in [0.25, 0.3) is 0 Å². The van der Waals surface area contributed by atoms with E-state index in [-0.39, 0.29) is 0 Å². The van der Waals surface area contributed by atoms with Crippen LogP contribution in [0.5, 0.6) is 0 Å². The maximum Gasteiger partial charge on any atom is 0.325 e. The van der Waals surface area contributed by atoms with Crippen LogP contribution in [0, 0.1) is 6.92 Å². The predicted molar refractivity (Wildman–Crippen MR) is 53.4 cm³/mol. The maximum atomic E-state index is 10.6. The third-order valence-electron chi connectivity index (χ3n) is 1.76. The van der Waals surface area contributed by atoms with Gasteiger partial charge in [0.15, 0.2) is 0 Å². The first-order valence-corrected chi connectivity index (χ1v) is 4.56. The molecule has 0 fully saturated rings. The predicted octanol–water partition coefficient (Wildman–Crippen LogP) is 1.84. The van der Waals surface area contributed by atoms with Gasteiger partial charge in [0.2, 0.25) is 0 Å². The number of hydrogen-bond donors (Lipinski definition) is 2. The minimum absolute atomic E-state index is 0.595. The summed E-state index contributed by atoms with van der Waals surface area (Å²) < 4.78 is 0.738.